The average molecular weight is 447 g/mol. The Kier molecular flexibility index (Phi) is 9.18. The zero-order valence-electron chi connectivity index (χ0n) is 21.2. The summed E-state index contributed by atoms with van der Waals surface area (Å²) < 4.78 is 17.0. The van der Waals surface area contributed by atoms with Crippen LogP contribution >= 0.6 is 0 Å². The number of benzene rings is 1. The van der Waals surface area contributed by atoms with Crippen LogP contribution in [0.5, 0.6) is 5.75 Å². The molecule has 2 rings (SSSR count). The first-order valence-corrected chi connectivity index (χ1v) is 12.0. The van der Waals surface area contributed by atoms with Crippen LogP contribution in [0.1, 0.15) is 104 Å². The molecule has 0 radical (unpaired) electrons. The Hall–Kier alpha value is -2.04. The van der Waals surface area contributed by atoms with E-state index < -0.39 is 17.5 Å². The number of rotatable bonds is 11. The SMILES string of the molecule is CC(C)C[C@H](CC(=O)OC(C)(C)C)C(=O)OCOc1c(C(C)C)cccc1[C@H](C)C1CC1. The Morgan fingerprint density at radius 2 is 1.66 bits per heavy atom. The van der Waals surface area contributed by atoms with Crippen molar-refractivity contribution >= 4 is 11.9 Å². The molecule has 1 aromatic carbocycles. The van der Waals surface area contributed by atoms with Gasteiger partial charge in [-0.3, -0.25) is 9.59 Å². The fraction of sp³-hybridized carbons (Fsp3) is 0.704. The highest BCUT2D eigenvalue weighted by Crippen LogP contribution is 2.46. The third-order valence-corrected chi connectivity index (χ3v) is 5.84. The Morgan fingerprint density at radius 3 is 2.19 bits per heavy atom. The van der Waals surface area contributed by atoms with Gasteiger partial charge in [0.2, 0.25) is 6.79 Å². The normalized spacial score (nSPS) is 16.1. The Labute approximate surface area is 194 Å². The maximum Gasteiger partial charge on any atom is 0.312 e. The number of hydrogen-bond donors (Lipinski definition) is 0. The molecule has 0 heterocycles. The zero-order valence-corrected chi connectivity index (χ0v) is 21.2. The number of carbonyl (C=O) groups is 2. The van der Waals surface area contributed by atoms with Crippen LogP contribution in [0.3, 0.4) is 0 Å². The number of esters is 2. The molecule has 2 atom stereocenters. The highest BCUT2D eigenvalue weighted by Gasteiger charge is 2.32. The van der Waals surface area contributed by atoms with E-state index in [0.29, 0.717) is 24.2 Å². The first-order valence-electron chi connectivity index (χ1n) is 12.0. The van der Waals surface area contributed by atoms with E-state index in [4.69, 9.17) is 14.2 Å². The smallest absolute Gasteiger partial charge is 0.312 e. The lowest BCUT2D eigenvalue weighted by Gasteiger charge is -2.23. The maximum absolute atomic E-state index is 12.8. The van der Waals surface area contributed by atoms with Gasteiger partial charge in [0.1, 0.15) is 11.4 Å². The van der Waals surface area contributed by atoms with Gasteiger partial charge in [-0.2, -0.15) is 0 Å². The molecule has 1 aromatic rings. The minimum absolute atomic E-state index is 0.0147. The standard InChI is InChI=1S/C27H42O5/c1-17(2)14-21(15-24(28)32-27(6,7)8)26(29)31-16-30-25-22(18(3)4)10-9-11-23(25)19(5)20-12-13-20/h9-11,17-21H,12-16H2,1-8H3/t19-,21-/m1/s1. The summed E-state index contributed by atoms with van der Waals surface area (Å²) >= 11 is 0. The first kappa shape index (κ1) is 26.2. The van der Waals surface area contributed by atoms with Crippen LogP contribution in [-0.4, -0.2) is 24.3 Å². The van der Waals surface area contributed by atoms with Gasteiger partial charge in [0.25, 0.3) is 0 Å². The van der Waals surface area contributed by atoms with Crippen molar-refractivity contribution in [3.05, 3.63) is 29.3 Å². The second-order valence-corrected chi connectivity index (χ2v) is 10.9. The lowest BCUT2D eigenvalue weighted by molar-refractivity contribution is -0.165. The summed E-state index contributed by atoms with van der Waals surface area (Å²) in [5.74, 6) is 1.17. The van der Waals surface area contributed by atoms with Gasteiger partial charge in [-0.05, 0) is 74.8 Å². The van der Waals surface area contributed by atoms with E-state index in [1.165, 1.54) is 18.4 Å². The van der Waals surface area contributed by atoms with Crippen molar-refractivity contribution in [1.29, 1.82) is 0 Å². The molecule has 180 valence electrons. The third-order valence-electron chi connectivity index (χ3n) is 5.84. The molecular weight excluding hydrogens is 404 g/mol. The van der Waals surface area contributed by atoms with E-state index in [1.54, 1.807) is 0 Å². The second-order valence-electron chi connectivity index (χ2n) is 10.9. The topological polar surface area (TPSA) is 61.8 Å². The number of ether oxygens (including phenoxy) is 3. The molecule has 1 saturated carbocycles. The number of carbonyl (C=O) groups excluding carboxylic acids is 2. The van der Waals surface area contributed by atoms with Crippen LogP contribution in [0.15, 0.2) is 18.2 Å². The lowest BCUT2D eigenvalue weighted by Crippen LogP contribution is -2.29. The monoisotopic (exact) mass is 446 g/mol. The molecule has 1 fully saturated rings. The van der Waals surface area contributed by atoms with Gasteiger partial charge in [0, 0.05) is 0 Å². The number of hydrogen-bond acceptors (Lipinski definition) is 5. The van der Waals surface area contributed by atoms with Crippen LogP contribution in [0.4, 0.5) is 0 Å². The molecular formula is C27H42O5. The van der Waals surface area contributed by atoms with Gasteiger partial charge in [-0.1, -0.05) is 52.8 Å². The van der Waals surface area contributed by atoms with Crippen LogP contribution in [0.2, 0.25) is 0 Å². The zero-order chi connectivity index (χ0) is 24.1. The van der Waals surface area contributed by atoms with Gasteiger partial charge in [-0.25, -0.2) is 0 Å². The highest BCUT2D eigenvalue weighted by atomic mass is 16.7. The van der Waals surface area contributed by atoms with Gasteiger partial charge in [0.05, 0.1) is 12.3 Å². The predicted molar refractivity (Wildman–Crippen MR) is 127 cm³/mol. The summed E-state index contributed by atoms with van der Waals surface area (Å²) in [6, 6.07) is 6.28. The van der Waals surface area contributed by atoms with Crippen molar-refractivity contribution in [3.8, 4) is 5.75 Å². The molecule has 32 heavy (non-hydrogen) atoms. The van der Waals surface area contributed by atoms with Crippen LogP contribution in [0, 0.1) is 17.8 Å². The third kappa shape index (κ3) is 8.14. The van der Waals surface area contributed by atoms with E-state index in [1.807, 2.05) is 34.6 Å². The van der Waals surface area contributed by atoms with E-state index >= 15 is 0 Å². The van der Waals surface area contributed by atoms with Crippen molar-refractivity contribution < 1.29 is 23.8 Å². The molecule has 0 N–H and O–H groups in total. The molecule has 1 aliphatic carbocycles. The predicted octanol–water partition coefficient (Wildman–Crippen LogP) is 6.60. The van der Waals surface area contributed by atoms with Crippen molar-refractivity contribution in [2.75, 3.05) is 6.79 Å². The summed E-state index contributed by atoms with van der Waals surface area (Å²) in [7, 11) is 0. The Balaban J connectivity index is 2.06. The summed E-state index contributed by atoms with van der Waals surface area (Å²) in [5.41, 5.74) is 1.72. The molecule has 5 nitrogen and oxygen atoms in total. The Morgan fingerprint density at radius 1 is 1.03 bits per heavy atom. The van der Waals surface area contributed by atoms with E-state index in [9.17, 15) is 9.59 Å². The molecule has 1 aliphatic rings. The van der Waals surface area contributed by atoms with E-state index in [-0.39, 0.29) is 25.1 Å². The molecule has 5 heteroatoms. The minimum atomic E-state index is -0.582. The van der Waals surface area contributed by atoms with Crippen molar-refractivity contribution in [3.63, 3.8) is 0 Å². The van der Waals surface area contributed by atoms with Gasteiger partial charge in [0.15, 0.2) is 0 Å². The molecule has 0 aliphatic heterocycles. The fourth-order valence-corrected chi connectivity index (χ4v) is 4.08. The van der Waals surface area contributed by atoms with Gasteiger partial charge < -0.3 is 14.2 Å². The minimum Gasteiger partial charge on any atom is -0.460 e. The summed E-state index contributed by atoms with van der Waals surface area (Å²) in [6.07, 6.45) is 3.08. The lowest BCUT2D eigenvalue weighted by atomic mass is 9.90. The summed E-state index contributed by atoms with van der Waals surface area (Å²) in [5, 5.41) is 0. The average Bonchev–Trinajstić information content (AvgIpc) is 3.50. The van der Waals surface area contributed by atoms with E-state index in [0.717, 1.165) is 11.3 Å². The second kappa shape index (κ2) is 11.2. The molecule has 0 amide bonds. The van der Waals surface area contributed by atoms with E-state index in [2.05, 4.69) is 39.0 Å². The van der Waals surface area contributed by atoms with Crippen molar-refractivity contribution in [2.24, 2.45) is 17.8 Å². The molecule has 0 spiro atoms. The molecule has 0 bridgehead atoms. The summed E-state index contributed by atoms with van der Waals surface area (Å²) in [4.78, 5) is 25.1. The van der Waals surface area contributed by atoms with Crippen LogP contribution in [0.25, 0.3) is 0 Å². The van der Waals surface area contributed by atoms with Crippen LogP contribution in [-0.2, 0) is 19.1 Å². The fourth-order valence-electron chi connectivity index (χ4n) is 4.08. The molecule has 0 unspecified atom stereocenters. The first-order chi connectivity index (χ1) is 14.9. The van der Waals surface area contributed by atoms with Gasteiger partial charge >= 0.3 is 11.9 Å². The molecule has 0 aromatic heterocycles. The Bertz CT molecular complexity index is 771. The van der Waals surface area contributed by atoms with Crippen LogP contribution < -0.4 is 4.74 Å². The highest BCUT2D eigenvalue weighted by molar-refractivity contribution is 5.80. The summed E-state index contributed by atoms with van der Waals surface area (Å²) in [6.45, 7) is 15.9. The van der Waals surface area contributed by atoms with Gasteiger partial charge in [-0.15, -0.1) is 0 Å². The van der Waals surface area contributed by atoms with Crippen molar-refractivity contribution in [1.82, 2.24) is 0 Å². The van der Waals surface area contributed by atoms with Crippen molar-refractivity contribution in [2.45, 2.75) is 98.5 Å². The maximum atomic E-state index is 12.8. The largest absolute Gasteiger partial charge is 0.460 e. The number of para-hydroxylation sites is 1. The molecule has 0 saturated heterocycles. The quantitative estimate of drug-likeness (QED) is 0.283.